The third kappa shape index (κ3) is 3.28. The molecule has 0 N–H and O–H groups in total. The molecule has 130 valence electrons. The fraction of sp³-hybridized carbons (Fsp3) is 0.150. The topological polar surface area (TPSA) is 56.7 Å². The van der Waals surface area contributed by atoms with Crippen LogP contribution in [0.15, 0.2) is 70.3 Å². The monoisotopic (exact) mass is 362 g/mol. The molecule has 0 aliphatic rings. The van der Waals surface area contributed by atoms with Crippen molar-refractivity contribution >= 4 is 11.8 Å². The van der Waals surface area contributed by atoms with Crippen molar-refractivity contribution < 1.29 is 4.52 Å². The molecule has 0 atom stereocenters. The number of nitrogens with zero attached hydrogens (tertiary/aromatic N) is 4. The quantitative estimate of drug-likeness (QED) is 0.480. The molecule has 0 bridgehead atoms. The molecule has 2 aromatic carbocycles. The van der Waals surface area contributed by atoms with Crippen LogP contribution in [0.4, 0.5) is 0 Å². The van der Waals surface area contributed by atoms with Gasteiger partial charge in [0.2, 0.25) is 0 Å². The summed E-state index contributed by atoms with van der Waals surface area (Å²) in [6.07, 6.45) is 0. The van der Waals surface area contributed by atoms with Gasteiger partial charge in [0, 0.05) is 24.2 Å². The Morgan fingerprint density at radius 3 is 2.58 bits per heavy atom. The molecule has 4 rings (SSSR count). The van der Waals surface area contributed by atoms with E-state index < -0.39 is 0 Å². The zero-order valence-corrected chi connectivity index (χ0v) is 15.4. The molecule has 5 nitrogen and oxygen atoms in total. The van der Waals surface area contributed by atoms with Gasteiger partial charge in [-0.3, -0.25) is 0 Å². The molecule has 4 aromatic rings. The molecule has 6 heteroatoms. The minimum atomic E-state index is 0.652. The van der Waals surface area contributed by atoms with Crippen LogP contribution in [0, 0.1) is 6.92 Å². The van der Waals surface area contributed by atoms with Crippen LogP contribution in [0.5, 0.6) is 0 Å². The predicted molar refractivity (Wildman–Crippen MR) is 103 cm³/mol. The van der Waals surface area contributed by atoms with Crippen molar-refractivity contribution in [2.45, 2.75) is 17.8 Å². The number of aryl methyl sites for hydroxylation is 1. The second-order valence-electron chi connectivity index (χ2n) is 6.01. The standard InChI is InChI=1S/C20H18N4OS/c1-14-8-6-7-11-17(14)19-21-22-20(24(19)2)26-13-16-12-18(23-25-16)15-9-4-3-5-10-15/h3-12H,13H2,1-2H3. The van der Waals surface area contributed by atoms with E-state index in [1.54, 1.807) is 11.8 Å². The Morgan fingerprint density at radius 1 is 1.00 bits per heavy atom. The van der Waals surface area contributed by atoms with E-state index in [2.05, 4.69) is 34.4 Å². The number of thioether (sulfide) groups is 1. The zero-order valence-electron chi connectivity index (χ0n) is 14.6. The fourth-order valence-corrected chi connectivity index (χ4v) is 3.55. The van der Waals surface area contributed by atoms with E-state index >= 15 is 0 Å². The fourth-order valence-electron chi connectivity index (χ4n) is 2.76. The number of aromatic nitrogens is 4. The molecule has 0 aliphatic carbocycles. The Hall–Kier alpha value is -2.86. The molecular weight excluding hydrogens is 344 g/mol. The molecule has 0 unspecified atom stereocenters. The predicted octanol–water partition coefficient (Wildman–Crippen LogP) is 4.74. The Bertz CT molecular complexity index is 1020. The van der Waals surface area contributed by atoms with E-state index in [9.17, 15) is 0 Å². The van der Waals surface area contributed by atoms with Gasteiger partial charge >= 0.3 is 0 Å². The van der Waals surface area contributed by atoms with Gasteiger partial charge in [-0.1, -0.05) is 71.5 Å². The van der Waals surface area contributed by atoms with E-state index in [4.69, 9.17) is 4.52 Å². The highest BCUT2D eigenvalue weighted by Crippen LogP contribution is 2.28. The van der Waals surface area contributed by atoms with E-state index in [-0.39, 0.29) is 0 Å². The van der Waals surface area contributed by atoms with Gasteiger partial charge in [-0.15, -0.1) is 10.2 Å². The van der Waals surface area contributed by atoms with Gasteiger partial charge in [-0.05, 0) is 12.5 Å². The van der Waals surface area contributed by atoms with Crippen LogP contribution < -0.4 is 0 Å². The maximum absolute atomic E-state index is 5.46. The van der Waals surface area contributed by atoms with Crippen LogP contribution >= 0.6 is 11.8 Å². The Kier molecular flexibility index (Phi) is 4.58. The second kappa shape index (κ2) is 7.17. The summed E-state index contributed by atoms with van der Waals surface area (Å²) in [5, 5.41) is 13.7. The lowest BCUT2D eigenvalue weighted by atomic mass is 10.1. The van der Waals surface area contributed by atoms with E-state index in [0.29, 0.717) is 5.75 Å². The lowest BCUT2D eigenvalue weighted by Gasteiger charge is -2.05. The summed E-state index contributed by atoms with van der Waals surface area (Å²) in [6.45, 7) is 2.08. The van der Waals surface area contributed by atoms with Gasteiger partial charge in [-0.25, -0.2) is 0 Å². The highest BCUT2D eigenvalue weighted by atomic mass is 32.2. The van der Waals surface area contributed by atoms with Gasteiger partial charge in [0.15, 0.2) is 11.0 Å². The second-order valence-corrected chi connectivity index (χ2v) is 6.96. The Morgan fingerprint density at radius 2 is 1.77 bits per heavy atom. The summed E-state index contributed by atoms with van der Waals surface area (Å²) in [7, 11) is 1.99. The SMILES string of the molecule is Cc1ccccc1-c1nnc(SCc2cc(-c3ccccc3)no2)n1C. The third-order valence-corrected chi connectivity index (χ3v) is 5.24. The van der Waals surface area contributed by atoms with Gasteiger partial charge in [0.05, 0.1) is 5.75 Å². The maximum atomic E-state index is 5.46. The van der Waals surface area contributed by atoms with Gasteiger partial charge in [-0.2, -0.15) is 0 Å². The van der Waals surface area contributed by atoms with Crippen molar-refractivity contribution in [3.8, 4) is 22.6 Å². The number of benzene rings is 2. The number of rotatable bonds is 5. The molecule has 0 radical (unpaired) electrons. The van der Waals surface area contributed by atoms with E-state index in [1.165, 1.54) is 5.56 Å². The van der Waals surface area contributed by atoms with Crippen LogP contribution in [0.25, 0.3) is 22.6 Å². The Balaban J connectivity index is 1.50. The summed E-state index contributed by atoms with van der Waals surface area (Å²) >= 11 is 1.59. The van der Waals surface area contributed by atoms with Crippen LogP contribution in [-0.4, -0.2) is 19.9 Å². The molecule has 2 heterocycles. The van der Waals surface area contributed by atoms with Gasteiger partial charge in [0.25, 0.3) is 0 Å². The average molecular weight is 362 g/mol. The summed E-state index contributed by atoms with van der Waals surface area (Å²) in [5.41, 5.74) is 4.18. The smallest absolute Gasteiger partial charge is 0.191 e. The first-order chi connectivity index (χ1) is 12.7. The summed E-state index contributed by atoms with van der Waals surface area (Å²) in [4.78, 5) is 0. The first kappa shape index (κ1) is 16.6. The molecule has 0 amide bonds. The van der Waals surface area contributed by atoms with Crippen molar-refractivity contribution in [1.29, 1.82) is 0 Å². The lowest BCUT2D eigenvalue weighted by molar-refractivity contribution is 0.397. The lowest BCUT2D eigenvalue weighted by Crippen LogP contribution is -1.96. The van der Waals surface area contributed by atoms with E-state index in [1.807, 2.05) is 60.1 Å². The number of hydrogen-bond donors (Lipinski definition) is 0. The van der Waals surface area contributed by atoms with Crippen molar-refractivity contribution in [2.75, 3.05) is 0 Å². The molecule has 0 saturated heterocycles. The minimum absolute atomic E-state index is 0.652. The number of hydrogen-bond acceptors (Lipinski definition) is 5. The Labute approximate surface area is 156 Å². The van der Waals surface area contributed by atoms with Crippen LogP contribution in [0.3, 0.4) is 0 Å². The first-order valence-electron chi connectivity index (χ1n) is 8.31. The maximum Gasteiger partial charge on any atom is 0.191 e. The summed E-state index contributed by atoms with van der Waals surface area (Å²) in [5.74, 6) is 2.34. The van der Waals surface area contributed by atoms with Crippen molar-refractivity contribution in [1.82, 2.24) is 19.9 Å². The molecule has 0 spiro atoms. The van der Waals surface area contributed by atoms with Gasteiger partial charge in [0.1, 0.15) is 11.5 Å². The first-order valence-corrected chi connectivity index (χ1v) is 9.30. The summed E-state index contributed by atoms with van der Waals surface area (Å²) < 4.78 is 7.48. The summed E-state index contributed by atoms with van der Waals surface area (Å²) in [6, 6.07) is 20.2. The molecule has 0 saturated carbocycles. The largest absolute Gasteiger partial charge is 0.360 e. The van der Waals surface area contributed by atoms with Gasteiger partial charge < -0.3 is 9.09 Å². The van der Waals surface area contributed by atoms with Crippen molar-refractivity contribution in [2.24, 2.45) is 7.05 Å². The van der Waals surface area contributed by atoms with Crippen LogP contribution in [-0.2, 0) is 12.8 Å². The van der Waals surface area contributed by atoms with E-state index in [0.717, 1.165) is 33.6 Å². The molecule has 26 heavy (non-hydrogen) atoms. The highest BCUT2D eigenvalue weighted by Gasteiger charge is 2.14. The van der Waals surface area contributed by atoms with Crippen molar-refractivity contribution in [3.63, 3.8) is 0 Å². The molecule has 0 fully saturated rings. The third-order valence-electron chi connectivity index (χ3n) is 4.19. The van der Waals surface area contributed by atoms with Crippen LogP contribution in [0.2, 0.25) is 0 Å². The highest BCUT2D eigenvalue weighted by molar-refractivity contribution is 7.98. The van der Waals surface area contributed by atoms with Crippen molar-refractivity contribution in [3.05, 3.63) is 72.0 Å². The zero-order chi connectivity index (χ0) is 17.9. The average Bonchev–Trinajstić information content (AvgIpc) is 3.28. The molecule has 2 aromatic heterocycles. The normalized spacial score (nSPS) is 11.0. The minimum Gasteiger partial charge on any atom is -0.360 e. The molecule has 0 aliphatic heterocycles. The van der Waals surface area contributed by atoms with Crippen LogP contribution in [0.1, 0.15) is 11.3 Å². The molecular formula is C20H18N4OS.